The number of hydrogen-bond donors (Lipinski definition) is 1. The normalized spacial score (nSPS) is 13.5. The summed E-state index contributed by atoms with van der Waals surface area (Å²) in [5, 5.41) is 3.36. The van der Waals surface area contributed by atoms with Crippen molar-refractivity contribution >= 4 is 17.7 Å². The Kier molecular flexibility index (Phi) is 5.72. The Morgan fingerprint density at radius 2 is 2.21 bits per heavy atom. The highest BCUT2D eigenvalue weighted by molar-refractivity contribution is 5.93. The third-order valence-corrected chi connectivity index (χ3v) is 4.20. The van der Waals surface area contributed by atoms with Gasteiger partial charge in [0.2, 0.25) is 0 Å². The van der Waals surface area contributed by atoms with E-state index in [4.69, 9.17) is 0 Å². The Labute approximate surface area is 143 Å². The molecule has 0 radical (unpaired) electrons. The number of ketones is 1. The highest BCUT2D eigenvalue weighted by Gasteiger charge is 2.10. The average molecular weight is 321 g/mol. The molecule has 4 nitrogen and oxygen atoms in total. The SMILES string of the molecule is O=C(/C=C/c1cccnc1)CCCCc1ccc2c(n1)NCCC2. The first-order valence-electron chi connectivity index (χ1n) is 8.65. The van der Waals surface area contributed by atoms with Gasteiger partial charge in [-0.05, 0) is 67.5 Å². The minimum atomic E-state index is 0.166. The van der Waals surface area contributed by atoms with Crippen LogP contribution in [0.4, 0.5) is 5.82 Å². The zero-order chi connectivity index (χ0) is 16.6. The molecule has 0 unspecified atom stereocenters. The lowest BCUT2D eigenvalue weighted by Gasteiger charge is -2.17. The molecule has 3 rings (SSSR count). The predicted octanol–water partition coefficient (Wildman–Crippen LogP) is 3.83. The first kappa shape index (κ1) is 16.4. The van der Waals surface area contributed by atoms with Crippen LogP contribution in [0.5, 0.6) is 0 Å². The first-order valence-corrected chi connectivity index (χ1v) is 8.65. The van der Waals surface area contributed by atoms with Gasteiger partial charge in [-0.2, -0.15) is 0 Å². The average Bonchev–Trinajstić information content (AvgIpc) is 2.64. The summed E-state index contributed by atoms with van der Waals surface area (Å²) < 4.78 is 0. The number of nitrogens with one attached hydrogen (secondary N) is 1. The summed E-state index contributed by atoms with van der Waals surface area (Å²) in [4.78, 5) is 20.6. The van der Waals surface area contributed by atoms with Crippen LogP contribution < -0.4 is 5.32 Å². The Morgan fingerprint density at radius 3 is 3.08 bits per heavy atom. The van der Waals surface area contributed by atoms with Gasteiger partial charge in [-0.25, -0.2) is 4.98 Å². The lowest BCUT2D eigenvalue weighted by molar-refractivity contribution is -0.114. The maximum Gasteiger partial charge on any atom is 0.155 e. The number of allylic oxidation sites excluding steroid dienone is 1. The number of rotatable bonds is 7. The van der Waals surface area contributed by atoms with Crippen molar-refractivity contribution in [3.8, 4) is 0 Å². The number of carbonyl (C=O) groups excluding carboxylic acids is 1. The van der Waals surface area contributed by atoms with E-state index in [1.54, 1.807) is 18.5 Å². The van der Waals surface area contributed by atoms with Crippen LogP contribution in [0.3, 0.4) is 0 Å². The van der Waals surface area contributed by atoms with Crippen LogP contribution in [0.15, 0.2) is 42.7 Å². The van der Waals surface area contributed by atoms with E-state index in [0.717, 1.165) is 49.3 Å². The lowest BCUT2D eigenvalue weighted by Crippen LogP contribution is -2.14. The van der Waals surface area contributed by atoms with Gasteiger partial charge < -0.3 is 5.32 Å². The Bertz CT molecular complexity index is 710. The fourth-order valence-electron chi connectivity index (χ4n) is 2.86. The van der Waals surface area contributed by atoms with E-state index < -0.39 is 0 Å². The number of aromatic nitrogens is 2. The molecule has 4 heteroatoms. The van der Waals surface area contributed by atoms with Crippen molar-refractivity contribution in [2.75, 3.05) is 11.9 Å². The van der Waals surface area contributed by atoms with Crippen LogP contribution in [0, 0.1) is 0 Å². The summed E-state index contributed by atoms with van der Waals surface area (Å²) in [6, 6.07) is 8.11. The van der Waals surface area contributed by atoms with E-state index in [2.05, 4.69) is 27.4 Å². The number of fused-ring (bicyclic) bond motifs is 1. The molecule has 0 bridgehead atoms. The van der Waals surface area contributed by atoms with E-state index in [-0.39, 0.29) is 5.78 Å². The van der Waals surface area contributed by atoms with Gasteiger partial charge in [0.1, 0.15) is 5.82 Å². The number of hydrogen-bond acceptors (Lipinski definition) is 4. The van der Waals surface area contributed by atoms with Crippen molar-refractivity contribution in [1.29, 1.82) is 0 Å². The lowest BCUT2D eigenvalue weighted by atomic mass is 10.0. The zero-order valence-corrected chi connectivity index (χ0v) is 13.9. The predicted molar refractivity (Wildman–Crippen MR) is 96.9 cm³/mol. The Hall–Kier alpha value is -2.49. The van der Waals surface area contributed by atoms with Crippen molar-refractivity contribution in [3.63, 3.8) is 0 Å². The van der Waals surface area contributed by atoms with Crippen molar-refractivity contribution in [2.24, 2.45) is 0 Å². The number of nitrogens with zero attached hydrogens (tertiary/aromatic N) is 2. The van der Waals surface area contributed by atoms with Crippen LogP contribution in [0.1, 0.15) is 42.5 Å². The number of unbranched alkanes of at least 4 members (excludes halogenated alkanes) is 1. The van der Waals surface area contributed by atoms with E-state index >= 15 is 0 Å². The molecule has 0 fully saturated rings. The smallest absolute Gasteiger partial charge is 0.155 e. The van der Waals surface area contributed by atoms with Crippen molar-refractivity contribution in [1.82, 2.24) is 9.97 Å². The molecule has 0 spiro atoms. The fourth-order valence-corrected chi connectivity index (χ4v) is 2.86. The van der Waals surface area contributed by atoms with Crippen molar-refractivity contribution in [2.45, 2.75) is 38.5 Å². The van der Waals surface area contributed by atoms with Gasteiger partial charge in [-0.3, -0.25) is 9.78 Å². The fraction of sp³-hybridized carbons (Fsp3) is 0.350. The maximum absolute atomic E-state index is 11.9. The standard InChI is InChI=1S/C20H23N3O/c24-19(12-9-16-5-3-13-21-15-16)8-2-1-7-18-11-10-17-6-4-14-22-20(17)23-18/h3,5,9-13,15H,1-2,4,6-8,14H2,(H,22,23)/b12-9+. The van der Waals surface area contributed by atoms with Gasteiger partial charge in [0.15, 0.2) is 5.78 Å². The molecule has 24 heavy (non-hydrogen) atoms. The molecule has 1 aliphatic heterocycles. The third kappa shape index (κ3) is 4.75. The molecule has 1 aliphatic rings. The second kappa shape index (κ2) is 8.39. The first-order chi connectivity index (χ1) is 11.8. The highest BCUT2D eigenvalue weighted by atomic mass is 16.1. The second-order valence-electron chi connectivity index (χ2n) is 6.13. The Morgan fingerprint density at radius 1 is 1.25 bits per heavy atom. The Balaban J connectivity index is 1.40. The number of pyridine rings is 2. The number of aryl methyl sites for hydroxylation is 2. The molecule has 0 saturated heterocycles. The molecule has 1 N–H and O–H groups in total. The molecule has 124 valence electrons. The second-order valence-corrected chi connectivity index (χ2v) is 6.13. The highest BCUT2D eigenvalue weighted by Crippen LogP contribution is 2.20. The molecule has 0 aliphatic carbocycles. The quantitative estimate of drug-likeness (QED) is 0.622. The van der Waals surface area contributed by atoms with Gasteiger partial charge in [0, 0.05) is 31.1 Å². The summed E-state index contributed by atoms with van der Waals surface area (Å²) in [7, 11) is 0. The van der Waals surface area contributed by atoms with Gasteiger partial charge in [-0.1, -0.05) is 12.1 Å². The molecule has 0 amide bonds. The van der Waals surface area contributed by atoms with E-state index in [9.17, 15) is 4.79 Å². The minimum absolute atomic E-state index is 0.166. The van der Waals surface area contributed by atoms with Gasteiger partial charge in [-0.15, -0.1) is 0 Å². The maximum atomic E-state index is 11.9. The third-order valence-electron chi connectivity index (χ3n) is 4.20. The molecule has 2 aromatic rings. The van der Waals surface area contributed by atoms with Gasteiger partial charge >= 0.3 is 0 Å². The summed E-state index contributed by atoms with van der Waals surface area (Å²) >= 11 is 0. The molecular formula is C20H23N3O. The van der Waals surface area contributed by atoms with Gasteiger partial charge in [0.05, 0.1) is 0 Å². The van der Waals surface area contributed by atoms with Crippen LogP contribution in [-0.4, -0.2) is 22.3 Å². The van der Waals surface area contributed by atoms with Crippen LogP contribution in [0.25, 0.3) is 6.08 Å². The summed E-state index contributed by atoms with van der Waals surface area (Å²) in [5.41, 5.74) is 3.39. The zero-order valence-electron chi connectivity index (χ0n) is 13.9. The monoisotopic (exact) mass is 321 g/mol. The van der Waals surface area contributed by atoms with E-state index in [1.807, 2.05) is 18.2 Å². The van der Waals surface area contributed by atoms with E-state index in [1.165, 1.54) is 12.0 Å². The van der Waals surface area contributed by atoms with Crippen LogP contribution in [0.2, 0.25) is 0 Å². The molecule has 0 saturated carbocycles. The topological polar surface area (TPSA) is 54.9 Å². The molecular weight excluding hydrogens is 298 g/mol. The molecule has 2 aromatic heterocycles. The molecule has 0 aromatic carbocycles. The van der Waals surface area contributed by atoms with Crippen molar-refractivity contribution < 1.29 is 4.79 Å². The van der Waals surface area contributed by atoms with Gasteiger partial charge in [0.25, 0.3) is 0 Å². The van der Waals surface area contributed by atoms with Crippen LogP contribution in [-0.2, 0) is 17.6 Å². The summed E-state index contributed by atoms with van der Waals surface area (Å²) in [6.07, 6.45) is 12.6. The largest absolute Gasteiger partial charge is 0.370 e. The van der Waals surface area contributed by atoms with Crippen LogP contribution >= 0.6 is 0 Å². The summed E-state index contributed by atoms with van der Waals surface area (Å²) in [5.74, 6) is 1.22. The number of anilines is 1. The minimum Gasteiger partial charge on any atom is -0.370 e. The van der Waals surface area contributed by atoms with Crippen molar-refractivity contribution in [3.05, 3.63) is 59.6 Å². The van der Waals surface area contributed by atoms with E-state index in [0.29, 0.717) is 6.42 Å². The number of carbonyl (C=O) groups is 1. The summed E-state index contributed by atoms with van der Waals surface area (Å²) in [6.45, 7) is 1.02. The molecule has 3 heterocycles. The molecule has 0 atom stereocenters.